The Morgan fingerprint density at radius 3 is 2.88 bits per heavy atom. The average molecular weight is 337 g/mol. The Bertz CT molecular complexity index is 1070. The molecule has 0 fully saturated rings. The number of aryl methyl sites for hydroxylation is 1. The number of hydrogen-bond donors (Lipinski definition) is 1. The summed E-state index contributed by atoms with van der Waals surface area (Å²) in [4.78, 5) is 4.50. The molecule has 4 rings (SSSR count). The molecule has 118 valence electrons. The van der Waals surface area contributed by atoms with Crippen LogP contribution in [0.1, 0.15) is 5.56 Å². The molecule has 6 nitrogen and oxygen atoms in total. The van der Waals surface area contributed by atoms with Gasteiger partial charge in [-0.15, -0.1) is 10.2 Å². The lowest BCUT2D eigenvalue weighted by Crippen LogP contribution is -2.00. The zero-order valence-electron chi connectivity index (χ0n) is 12.8. The van der Waals surface area contributed by atoms with Crippen LogP contribution in [0.2, 0.25) is 5.02 Å². The van der Waals surface area contributed by atoms with Gasteiger partial charge < -0.3 is 4.57 Å². The topological polar surface area (TPSA) is 68.0 Å². The van der Waals surface area contributed by atoms with E-state index in [2.05, 4.69) is 25.7 Å². The zero-order chi connectivity index (χ0) is 16.5. The van der Waals surface area contributed by atoms with Crippen LogP contribution in [-0.4, -0.2) is 26.0 Å². The van der Waals surface area contributed by atoms with E-state index in [1.54, 1.807) is 6.21 Å². The van der Waals surface area contributed by atoms with Crippen LogP contribution in [0.4, 0.5) is 5.95 Å². The van der Waals surface area contributed by atoms with E-state index in [1.807, 2.05) is 60.1 Å². The van der Waals surface area contributed by atoms with Gasteiger partial charge in [0.2, 0.25) is 0 Å². The molecule has 0 saturated heterocycles. The summed E-state index contributed by atoms with van der Waals surface area (Å²) in [5, 5.41) is 14.2. The molecule has 0 radical (unpaired) electrons. The van der Waals surface area contributed by atoms with Gasteiger partial charge in [0, 0.05) is 17.5 Å². The molecule has 0 bridgehead atoms. The molecule has 0 aliphatic carbocycles. The van der Waals surface area contributed by atoms with Gasteiger partial charge in [-0.2, -0.15) is 10.1 Å². The SMILES string of the molecule is Cn1c2ccccc2c2nnc(N/N=C/c3cccc(Cl)c3)nc21. The molecule has 2 heterocycles. The van der Waals surface area contributed by atoms with Gasteiger partial charge in [-0.3, -0.25) is 0 Å². The highest BCUT2D eigenvalue weighted by Gasteiger charge is 2.11. The predicted molar refractivity (Wildman–Crippen MR) is 96.5 cm³/mol. The summed E-state index contributed by atoms with van der Waals surface area (Å²) in [6.07, 6.45) is 1.65. The Balaban J connectivity index is 1.66. The molecule has 0 saturated carbocycles. The number of benzene rings is 2. The van der Waals surface area contributed by atoms with E-state index < -0.39 is 0 Å². The molecule has 0 unspecified atom stereocenters. The number of para-hydroxylation sites is 1. The van der Waals surface area contributed by atoms with E-state index in [1.165, 1.54) is 0 Å². The second-order valence-electron chi connectivity index (χ2n) is 5.31. The highest BCUT2D eigenvalue weighted by atomic mass is 35.5. The Labute approximate surface area is 142 Å². The van der Waals surface area contributed by atoms with Crippen LogP contribution >= 0.6 is 11.6 Å². The second kappa shape index (κ2) is 5.90. The van der Waals surface area contributed by atoms with Crippen molar-refractivity contribution in [3.8, 4) is 0 Å². The van der Waals surface area contributed by atoms with Crippen molar-refractivity contribution in [1.82, 2.24) is 19.7 Å². The van der Waals surface area contributed by atoms with Crippen LogP contribution < -0.4 is 5.43 Å². The number of anilines is 1. The van der Waals surface area contributed by atoms with Crippen LogP contribution in [0, 0.1) is 0 Å². The molecule has 24 heavy (non-hydrogen) atoms. The van der Waals surface area contributed by atoms with E-state index in [9.17, 15) is 0 Å². The number of fused-ring (bicyclic) bond motifs is 3. The van der Waals surface area contributed by atoms with E-state index in [0.717, 1.165) is 27.6 Å². The first-order valence-corrected chi connectivity index (χ1v) is 7.72. The van der Waals surface area contributed by atoms with E-state index >= 15 is 0 Å². The molecule has 0 spiro atoms. The lowest BCUT2D eigenvalue weighted by atomic mass is 10.2. The molecule has 2 aromatic heterocycles. The quantitative estimate of drug-likeness (QED) is 0.458. The van der Waals surface area contributed by atoms with Crippen molar-refractivity contribution in [3.05, 3.63) is 59.1 Å². The maximum absolute atomic E-state index is 5.94. The third-order valence-corrected chi connectivity index (χ3v) is 3.97. The smallest absolute Gasteiger partial charge is 0.265 e. The van der Waals surface area contributed by atoms with Crippen LogP contribution in [0.5, 0.6) is 0 Å². The maximum Gasteiger partial charge on any atom is 0.265 e. The fourth-order valence-corrected chi connectivity index (χ4v) is 2.80. The summed E-state index contributed by atoms with van der Waals surface area (Å²) in [6.45, 7) is 0. The Hall–Kier alpha value is -2.99. The summed E-state index contributed by atoms with van der Waals surface area (Å²) in [6, 6.07) is 15.4. The van der Waals surface area contributed by atoms with Crippen molar-refractivity contribution in [3.63, 3.8) is 0 Å². The zero-order valence-corrected chi connectivity index (χ0v) is 13.6. The Morgan fingerprint density at radius 1 is 1.12 bits per heavy atom. The third-order valence-electron chi connectivity index (χ3n) is 3.73. The monoisotopic (exact) mass is 336 g/mol. The molecule has 0 atom stereocenters. The average Bonchev–Trinajstić information content (AvgIpc) is 2.88. The first-order valence-electron chi connectivity index (χ1n) is 7.35. The number of nitrogens with one attached hydrogen (secondary N) is 1. The number of halogens is 1. The van der Waals surface area contributed by atoms with Gasteiger partial charge >= 0.3 is 0 Å². The normalized spacial score (nSPS) is 11.6. The number of nitrogens with zero attached hydrogens (tertiary/aromatic N) is 5. The minimum atomic E-state index is 0.340. The predicted octanol–water partition coefficient (Wildman–Crippen LogP) is 3.62. The minimum absolute atomic E-state index is 0.340. The molecule has 1 N–H and O–H groups in total. The Kier molecular flexibility index (Phi) is 3.59. The van der Waals surface area contributed by atoms with Crippen molar-refractivity contribution < 1.29 is 0 Å². The van der Waals surface area contributed by atoms with Crippen molar-refractivity contribution in [2.24, 2.45) is 12.1 Å². The van der Waals surface area contributed by atoms with Gasteiger partial charge in [-0.25, -0.2) is 5.43 Å². The van der Waals surface area contributed by atoms with Crippen LogP contribution in [0.15, 0.2) is 53.6 Å². The van der Waals surface area contributed by atoms with Crippen LogP contribution in [0.25, 0.3) is 22.1 Å². The van der Waals surface area contributed by atoms with Crippen LogP contribution in [-0.2, 0) is 7.05 Å². The summed E-state index contributed by atoms with van der Waals surface area (Å²) in [5.41, 5.74) is 6.28. The van der Waals surface area contributed by atoms with Crippen molar-refractivity contribution in [1.29, 1.82) is 0 Å². The fourth-order valence-electron chi connectivity index (χ4n) is 2.61. The van der Waals surface area contributed by atoms with Gasteiger partial charge in [0.1, 0.15) is 5.52 Å². The van der Waals surface area contributed by atoms with Crippen molar-refractivity contribution in [2.45, 2.75) is 0 Å². The number of aromatic nitrogens is 4. The van der Waals surface area contributed by atoms with E-state index in [-0.39, 0.29) is 0 Å². The van der Waals surface area contributed by atoms with Gasteiger partial charge in [-0.05, 0) is 23.8 Å². The molecule has 0 aliphatic rings. The second-order valence-corrected chi connectivity index (χ2v) is 5.75. The van der Waals surface area contributed by atoms with Crippen LogP contribution in [0.3, 0.4) is 0 Å². The third kappa shape index (κ3) is 2.57. The summed E-state index contributed by atoms with van der Waals surface area (Å²) in [7, 11) is 1.96. The fraction of sp³-hybridized carbons (Fsp3) is 0.0588. The molecular weight excluding hydrogens is 324 g/mol. The largest absolute Gasteiger partial charge is 0.327 e. The molecule has 0 amide bonds. The summed E-state index contributed by atoms with van der Waals surface area (Å²) in [5.74, 6) is 0.340. The highest BCUT2D eigenvalue weighted by molar-refractivity contribution is 6.30. The standard InChI is InChI=1S/C17H13ClN6/c1-24-14-8-3-2-7-13(14)15-16(24)20-17(23-21-15)22-19-10-11-5-4-6-12(18)9-11/h2-10H,1H3,(H,20,22,23)/b19-10+. The van der Waals surface area contributed by atoms with Crippen molar-refractivity contribution >= 4 is 45.8 Å². The van der Waals surface area contributed by atoms with Crippen molar-refractivity contribution in [2.75, 3.05) is 5.43 Å². The maximum atomic E-state index is 5.94. The molecule has 4 aromatic rings. The lowest BCUT2D eigenvalue weighted by molar-refractivity contribution is 0.949. The summed E-state index contributed by atoms with van der Waals surface area (Å²) < 4.78 is 1.99. The van der Waals surface area contributed by atoms with Gasteiger partial charge in [0.25, 0.3) is 5.95 Å². The summed E-state index contributed by atoms with van der Waals surface area (Å²) >= 11 is 5.94. The molecular formula is C17H13ClN6. The Morgan fingerprint density at radius 2 is 2.00 bits per heavy atom. The molecule has 2 aromatic carbocycles. The molecule has 0 aliphatic heterocycles. The number of rotatable bonds is 3. The van der Waals surface area contributed by atoms with E-state index in [4.69, 9.17) is 11.6 Å². The van der Waals surface area contributed by atoms with Gasteiger partial charge in [-0.1, -0.05) is 41.9 Å². The molecule has 7 heteroatoms. The number of hydrazone groups is 1. The first-order chi connectivity index (χ1) is 11.7. The van der Waals surface area contributed by atoms with Gasteiger partial charge in [0.15, 0.2) is 5.65 Å². The number of hydrogen-bond acceptors (Lipinski definition) is 5. The first kappa shape index (κ1) is 14.6. The van der Waals surface area contributed by atoms with E-state index in [0.29, 0.717) is 11.0 Å². The van der Waals surface area contributed by atoms with Gasteiger partial charge in [0.05, 0.1) is 11.7 Å². The highest BCUT2D eigenvalue weighted by Crippen LogP contribution is 2.24. The lowest BCUT2D eigenvalue weighted by Gasteiger charge is -1.99. The minimum Gasteiger partial charge on any atom is -0.327 e.